The third kappa shape index (κ3) is 2.66. The van der Waals surface area contributed by atoms with Crippen molar-refractivity contribution in [2.24, 2.45) is 0 Å². The Balaban J connectivity index is 2.04. The summed E-state index contributed by atoms with van der Waals surface area (Å²) in [4.78, 5) is 24.4. The van der Waals surface area contributed by atoms with Crippen molar-refractivity contribution in [2.75, 3.05) is 18.1 Å². The first-order chi connectivity index (χ1) is 11.0. The maximum absolute atomic E-state index is 12.7. The van der Waals surface area contributed by atoms with Crippen molar-refractivity contribution in [3.8, 4) is 11.5 Å². The number of anilines is 1. The first-order valence-electron chi connectivity index (χ1n) is 6.69. The number of fused-ring (bicyclic) bond motifs is 1. The third-order valence-electron chi connectivity index (χ3n) is 3.46. The molecule has 8 heteroatoms. The van der Waals surface area contributed by atoms with Crippen LogP contribution in [0.25, 0.3) is 0 Å². The molecule has 0 unspecified atom stereocenters. The van der Waals surface area contributed by atoms with E-state index < -0.39 is 22.3 Å². The average Bonchev–Trinajstić information content (AvgIpc) is 2.55. The van der Waals surface area contributed by atoms with Crippen LogP contribution in [0.1, 0.15) is 10.4 Å². The van der Waals surface area contributed by atoms with E-state index in [1.165, 1.54) is 11.0 Å². The Morgan fingerprint density at radius 2 is 2.09 bits per heavy atom. The molecule has 1 aliphatic heterocycles. The smallest absolute Gasteiger partial charge is 0.313 e. The molecule has 7 nitrogen and oxygen atoms in total. The number of hydrogen-bond donors (Lipinski definition) is 1. The quantitative estimate of drug-likeness (QED) is 0.673. The molecule has 23 heavy (non-hydrogen) atoms. The summed E-state index contributed by atoms with van der Waals surface area (Å²) in [5, 5.41) is 20.3. The van der Waals surface area contributed by atoms with Crippen molar-refractivity contribution in [1.29, 1.82) is 0 Å². The van der Waals surface area contributed by atoms with E-state index in [0.717, 1.165) is 6.07 Å². The van der Waals surface area contributed by atoms with Gasteiger partial charge in [-0.2, -0.15) is 0 Å². The van der Waals surface area contributed by atoms with Crippen LogP contribution >= 0.6 is 11.6 Å². The van der Waals surface area contributed by atoms with Gasteiger partial charge in [0.05, 0.1) is 22.2 Å². The summed E-state index contributed by atoms with van der Waals surface area (Å²) in [7, 11) is 0. The largest absolute Gasteiger partial charge is 0.501 e. The lowest BCUT2D eigenvalue weighted by Crippen LogP contribution is -2.37. The van der Waals surface area contributed by atoms with Crippen molar-refractivity contribution in [3.63, 3.8) is 0 Å². The van der Waals surface area contributed by atoms with Crippen LogP contribution in [0.2, 0.25) is 5.02 Å². The lowest BCUT2D eigenvalue weighted by Gasteiger charge is -2.29. The monoisotopic (exact) mass is 334 g/mol. The van der Waals surface area contributed by atoms with E-state index in [0.29, 0.717) is 24.6 Å². The second-order valence-electron chi connectivity index (χ2n) is 4.86. The van der Waals surface area contributed by atoms with E-state index in [4.69, 9.17) is 16.3 Å². The Kier molecular flexibility index (Phi) is 3.79. The van der Waals surface area contributed by atoms with Gasteiger partial charge in [-0.05, 0) is 18.2 Å². The molecular formula is C15H11ClN2O5. The zero-order valence-corrected chi connectivity index (χ0v) is 12.5. The number of halogens is 1. The Bertz CT molecular complexity index is 808. The highest BCUT2D eigenvalue weighted by atomic mass is 35.5. The summed E-state index contributed by atoms with van der Waals surface area (Å²) in [6.45, 7) is 0.624. The highest BCUT2D eigenvalue weighted by molar-refractivity contribution is 6.33. The Morgan fingerprint density at radius 1 is 1.35 bits per heavy atom. The molecule has 0 radical (unpaired) electrons. The molecule has 0 atom stereocenters. The normalized spacial score (nSPS) is 13.2. The number of carbonyl (C=O) groups excluding carboxylic acids is 1. The van der Waals surface area contributed by atoms with E-state index in [-0.39, 0.29) is 10.6 Å². The standard InChI is InChI=1S/C15H11ClN2O5/c16-10-7-9(8-12(14(10)19)18(21)22)15(20)17-5-6-23-13-4-2-1-3-11(13)17/h1-4,7-8,19H,5-6H2. The number of carbonyl (C=O) groups is 1. The molecule has 0 spiro atoms. The van der Waals surface area contributed by atoms with Gasteiger partial charge in [-0.15, -0.1) is 0 Å². The predicted molar refractivity (Wildman–Crippen MR) is 83.4 cm³/mol. The fourth-order valence-corrected chi connectivity index (χ4v) is 2.60. The number of aromatic hydroxyl groups is 1. The Labute approximate surface area is 135 Å². The molecule has 2 aromatic rings. The average molecular weight is 335 g/mol. The van der Waals surface area contributed by atoms with Crippen LogP contribution in [0.5, 0.6) is 11.5 Å². The summed E-state index contributed by atoms with van der Waals surface area (Å²) in [5.41, 5.74) is -0.00537. The minimum atomic E-state index is -0.786. The highest BCUT2D eigenvalue weighted by Crippen LogP contribution is 2.37. The molecule has 0 saturated carbocycles. The zero-order valence-electron chi connectivity index (χ0n) is 11.7. The Hall–Kier alpha value is -2.80. The number of hydrogen-bond acceptors (Lipinski definition) is 5. The number of nitro groups is 1. The number of benzene rings is 2. The number of nitro benzene ring substituents is 1. The van der Waals surface area contributed by atoms with E-state index >= 15 is 0 Å². The molecular weight excluding hydrogens is 324 g/mol. The number of phenolic OH excluding ortho intramolecular Hbond substituents is 1. The number of amides is 1. The van der Waals surface area contributed by atoms with Crippen molar-refractivity contribution in [1.82, 2.24) is 0 Å². The van der Waals surface area contributed by atoms with Crippen LogP contribution in [0, 0.1) is 10.1 Å². The maximum Gasteiger partial charge on any atom is 0.313 e. The maximum atomic E-state index is 12.7. The molecule has 1 heterocycles. The SMILES string of the molecule is O=C(c1cc(Cl)c(O)c([N+](=O)[O-])c1)N1CCOc2ccccc21. The van der Waals surface area contributed by atoms with Gasteiger partial charge >= 0.3 is 5.69 Å². The molecule has 0 fully saturated rings. The summed E-state index contributed by atoms with van der Waals surface area (Å²) in [6.07, 6.45) is 0. The predicted octanol–water partition coefficient (Wildman–Crippen LogP) is 2.99. The van der Waals surface area contributed by atoms with Gasteiger partial charge in [-0.1, -0.05) is 23.7 Å². The van der Waals surface area contributed by atoms with Gasteiger partial charge in [-0.25, -0.2) is 0 Å². The molecule has 118 valence electrons. The van der Waals surface area contributed by atoms with Crippen LogP contribution < -0.4 is 9.64 Å². The fraction of sp³-hybridized carbons (Fsp3) is 0.133. The van der Waals surface area contributed by atoms with Crippen molar-refractivity contribution in [3.05, 3.63) is 57.1 Å². The summed E-state index contributed by atoms with van der Waals surface area (Å²) < 4.78 is 5.48. The van der Waals surface area contributed by atoms with Gasteiger partial charge in [-0.3, -0.25) is 14.9 Å². The molecule has 1 N–H and O–H groups in total. The molecule has 2 aromatic carbocycles. The first-order valence-corrected chi connectivity index (χ1v) is 7.07. The van der Waals surface area contributed by atoms with Gasteiger partial charge < -0.3 is 14.7 Å². The second kappa shape index (κ2) is 5.77. The van der Waals surface area contributed by atoms with E-state index in [2.05, 4.69) is 0 Å². The molecule has 0 saturated heterocycles. The highest BCUT2D eigenvalue weighted by Gasteiger charge is 2.27. The van der Waals surface area contributed by atoms with Crippen molar-refractivity contribution in [2.45, 2.75) is 0 Å². The number of nitrogens with zero attached hydrogens (tertiary/aromatic N) is 2. The summed E-state index contributed by atoms with van der Waals surface area (Å²) in [5.74, 6) is -0.548. The number of phenols is 1. The van der Waals surface area contributed by atoms with Crippen LogP contribution in [0.3, 0.4) is 0 Å². The number of rotatable bonds is 2. The lowest BCUT2D eigenvalue weighted by molar-refractivity contribution is -0.385. The fourth-order valence-electron chi connectivity index (χ4n) is 2.38. The number of para-hydroxylation sites is 2. The molecule has 0 bridgehead atoms. The van der Waals surface area contributed by atoms with E-state index in [1.807, 2.05) is 0 Å². The van der Waals surface area contributed by atoms with Crippen LogP contribution in [-0.2, 0) is 0 Å². The van der Waals surface area contributed by atoms with Gasteiger partial charge in [0.25, 0.3) is 5.91 Å². The van der Waals surface area contributed by atoms with E-state index in [1.54, 1.807) is 24.3 Å². The van der Waals surface area contributed by atoms with Crippen molar-refractivity contribution < 1.29 is 19.6 Å². The second-order valence-corrected chi connectivity index (χ2v) is 5.26. The van der Waals surface area contributed by atoms with Gasteiger partial charge in [0.1, 0.15) is 12.4 Å². The zero-order chi connectivity index (χ0) is 16.6. The summed E-state index contributed by atoms with van der Waals surface area (Å²) >= 11 is 5.80. The topological polar surface area (TPSA) is 92.9 Å². The Morgan fingerprint density at radius 3 is 2.83 bits per heavy atom. The van der Waals surface area contributed by atoms with Gasteiger partial charge in [0.15, 0.2) is 0 Å². The molecule has 0 aromatic heterocycles. The first kappa shape index (κ1) is 15.1. The van der Waals surface area contributed by atoms with Gasteiger partial charge in [0, 0.05) is 11.6 Å². The van der Waals surface area contributed by atoms with Crippen molar-refractivity contribution >= 4 is 28.9 Å². The molecule has 0 aliphatic carbocycles. The van der Waals surface area contributed by atoms with Gasteiger partial charge in [0.2, 0.25) is 5.75 Å². The van der Waals surface area contributed by atoms with E-state index in [9.17, 15) is 20.0 Å². The molecule has 1 amide bonds. The minimum absolute atomic E-state index is 0.0243. The van der Waals surface area contributed by atoms with Crippen LogP contribution in [0.15, 0.2) is 36.4 Å². The van der Waals surface area contributed by atoms with Crippen LogP contribution in [-0.4, -0.2) is 29.1 Å². The number of ether oxygens (including phenoxy) is 1. The third-order valence-corrected chi connectivity index (χ3v) is 3.75. The lowest BCUT2D eigenvalue weighted by atomic mass is 10.1. The molecule has 3 rings (SSSR count). The van der Waals surface area contributed by atoms with Crippen LogP contribution in [0.4, 0.5) is 11.4 Å². The molecule has 1 aliphatic rings. The summed E-state index contributed by atoms with van der Waals surface area (Å²) in [6, 6.07) is 9.24. The minimum Gasteiger partial charge on any atom is -0.501 e.